The summed E-state index contributed by atoms with van der Waals surface area (Å²) in [4.78, 5) is 48.4. The van der Waals surface area contributed by atoms with Crippen LogP contribution in [0.25, 0.3) is 38.9 Å². The third kappa shape index (κ3) is 4.77. The lowest BCUT2D eigenvalue weighted by molar-refractivity contribution is -0.128. The Balaban J connectivity index is 1.66. The van der Waals surface area contributed by atoms with Crippen LogP contribution in [0, 0.1) is 6.92 Å². The molecule has 1 N–H and O–H groups in total. The molecular weight excluding hydrogens is 562 g/mol. The molecule has 4 aromatic heterocycles. The molecule has 9 nitrogen and oxygen atoms in total. The van der Waals surface area contributed by atoms with Crippen molar-refractivity contribution < 1.29 is 4.79 Å². The van der Waals surface area contributed by atoms with Gasteiger partial charge in [-0.1, -0.05) is 50.2 Å². The average Bonchev–Trinajstić information content (AvgIpc) is 3.47. The predicted octanol–water partition coefficient (Wildman–Crippen LogP) is 6.02. The first-order chi connectivity index (χ1) is 20.6. The standard InChI is InChI=1S/C33H34ClN7O2/c1-7-26(42)39-16-21(6)40(17-20(39)5)31-24-15-25(34)29(23-10-8-9-22-12-14-36-28(22)23)37-32(24)41(33(43)38-31)30-19(4)11-13-35-27(30)18(2)3/h7-15,18,20-21,36H,1,16-17H2,2-6H3. The van der Waals surface area contributed by atoms with E-state index in [1.165, 1.54) is 6.08 Å². The van der Waals surface area contributed by atoms with Crippen molar-refractivity contribution in [3.05, 3.63) is 88.2 Å². The number of pyridine rings is 2. The largest absolute Gasteiger partial charge is 0.361 e. The Labute approximate surface area is 254 Å². The molecule has 10 heteroatoms. The van der Waals surface area contributed by atoms with Gasteiger partial charge in [0.25, 0.3) is 0 Å². The lowest BCUT2D eigenvalue weighted by atomic mass is 10.0. The molecule has 0 radical (unpaired) electrons. The minimum atomic E-state index is -0.455. The number of piperazine rings is 1. The summed E-state index contributed by atoms with van der Waals surface area (Å²) in [6.07, 6.45) is 4.98. The number of aromatic amines is 1. The zero-order valence-electron chi connectivity index (χ0n) is 24.9. The van der Waals surface area contributed by atoms with Crippen LogP contribution in [-0.2, 0) is 4.79 Å². The zero-order valence-corrected chi connectivity index (χ0v) is 25.7. The minimum absolute atomic E-state index is 0.0484. The summed E-state index contributed by atoms with van der Waals surface area (Å²) in [6, 6.07) is 11.5. The Hall–Kier alpha value is -4.50. The van der Waals surface area contributed by atoms with Crippen molar-refractivity contribution in [2.75, 3.05) is 18.0 Å². The van der Waals surface area contributed by atoms with Gasteiger partial charge in [-0.25, -0.2) is 14.3 Å². The molecule has 0 saturated carbocycles. The van der Waals surface area contributed by atoms with Crippen molar-refractivity contribution in [2.24, 2.45) is 0 Å². The molecule has 1 aliphatic heterocycles. The molecular formula is C33H34ClN7O2. The molecule has 2 unspecified atom stereocenters. The average molecular weight is 596 g/mol. The highest BCUT2D eigenvalue weighted by atomic mass is 35.5. The molecule has 220 valence electrons. The van der Waals surface area contributed by atoms with Gasteiger partial charge < -0.3 is 14.8 Å². The number of nitrogens with zero attached hydrogens (tertiary/aromatic N) is 6. The second-order valence-electron chi connectivity index (χ2n) is 11.6. The number of carbonyl (C=O) groups excluding carboxylic acids is 1. The van der Waals surface area contributed by atoms with Crippen molar-refractivity contribution >= 4 is 45.3 Å². The number of aryl methyl sites for hydroxylation is 1. The van der Waals surface area contributed by atoms with E-state index in [-0.39, 0.29) is 23.9 Å². The fourth-order valence-electron chi connectivity index (χ4n) is 6.13. The summed E-state index contributed by atoms with van der Waals surface area (Å²) in [7, 11) is 0. The molecule has 1 amide bonds. The smallest absolute Gasteiger partial charge is 0.355 e. The number of hydrogen-bond acceptors (Lipinski definition) is 6. The molecule has 43 heavy (non-hydrogen) atoms. The van der Waals surface area contributed by atoms with E-state index in [4.69, 9.17) is 16.6 Å². The number of aromatic nitrogens is 5. The molecule has 2 atom stereocenters. The first-order valence-electron chi connectivity index (χ1n) is 14.5. The number of carbonyl (C=O) groups is 1. The van der Waals surface area contributed by atoms with Gasteiger partial charge in [-0.3, -0.25) is 9.78 Å². The van der Waals surface area contributed by atoms with E-state index in [1.807, 2.05) is 63.4 Å². The number of benzene rings is 1. The van der Waals surface area contributed by atoms with E-state index in [2.05, 4.69) is 40.3 Å². The number of nitrogens with one attached hydrogen (secondary N) is 1. The highest BCUT2D eigenvalue weighted by molar-refractivity contribution is 6.34. The monoisotopic (exact) mass is 595 g/mol. The highest BCUT2D eigenvalue weighted by Crippen LogP contribution is 2.37. The Bertz CT molecular complexity index is 1960. The van der Waals surface area contributed by atoms with E-state index >= 15 is 0 Å². The van der Waals surface area contributed by atoms with Gasteiger partial charge in [-0.05, 0) is 56.5 Å². The third-order valence-corrected chi connectivity index (χ3v) is 8.57. The van der Waals surface area contributed by atoms with Crippen LogP contribution in [0.5, 0.6) is 0 Å². The molecule has 0 bridgehead atoms. The van der Waals surface area contributed by atoms with E-state index in [9.17, 15) is 9.59 Å². The van der Waals surface area contributed by atoms with Crippen molar-refractivity contribution in [3.63, 3.8) is 0 Å². The van der Waals surface area contributed by atoms with Crippen LogP contribution in [-0.4, -0.2) is 60.5 Å². The molecule has 1 fully saturated rings. The minimum Gasteiger partial charge on any atom is -0.361 e. The van der Waals surface area contributed by atoms with Crippen LogP contribution in [0.3, 0.4) is 0 Å². The zero-order chi connectivity index (χ0) is 30.6. The SMILES string of the molecule is C=CC(=O)N1CC(C)N(c2nc(=O)n(-c3c(C)ccnc3C(C)C)c3nc(-c4cccc5cc[nH]c45)c(Cl)cc23)CC1C. The lowest BCUT2D eigenvalue weighted by Gasteiger charge is -2.44. The Morgan fingerprint density at radius 1 is 1.14 bits per heavy atom. The van der Waals surface area contributed by atoms with Gasteiger partial charge in [0.05, 0.1) is 33.0 Å². The summed E-state index contributed by atoms with van der Waals surface area (Å²) in [6.45, 7) is 14.7. The third-order valence-electron chi connectivity index (χ3n) is 8.28. The number of amides is 1. The van der Waals surface area contributed by atoms with Gasteiger partial charge >= 0.3 is 5.69 Å². The number of fused-ring (bicyclic) bond motifs is 2. The summed E-state index contributed by atoms with van der Waals surface area (Å²) in [5.74, 6) is 0.425. The molecule has 0 aliphatic carbocycles. The van der Waals surface area contributed by atoms with E-state index in [0.717, 1.165) is 27.7 Å². The number of anilines is 1. The first kappa shape index (κ1) is 28.6. The van der Waals surface area contributed by atoms with E-state index in [0.29, 0.717) is 46.3 Å². The van der Waals surface area contributed by atoms with Gasteiger partial charge in [-0.2, -0.15) is 4.98 Å². The first-order valence-corrected chi connectivity index (χ1v) is 14.8. The second kappa shape index (κ2) is 11.0. The number of halogens is 1. The fraction of sp³-hybridized carbons (Fsp3) is 0.303. The summed E-state index contributed by atoms with van der Waals surface area (Å²) >= 11 is 7.03. The highest BCUT2D eigenvalue weighted by Gasteiger charge is 2.34. The topological polar surface area (TPSA) is 100 Å². The van der Waals surface area contributed by atoms with Crippen molar-refractivity contribution in [1.29, 1.82) is 0 Å². The summed E-state index contributed by atoms with van der Waals surface area (Å²) < 4.78 is 1.58. The van der Waals surface area contributed by atoms with Crippen LogP contribution >= 0.6 is 11.6 Å². The van der Waals surface area contributed by atoms with Crippen molar-refractivity contribution in [3.8, 4) is 16.9 Å². The molecule has 1 aliphatic rings. The second-order valence-corrected chi connectivity index (χ2v) is 12.0. The van der Waals surface area contributed by atoms with Gasteiger partial charge in [0.15, 0.2) is 5.65 Å². The number of para-hydroxylation sites is 1. The van der Waals surface area contributed by atoms with E-state index in [1.54, 1.807) is 15.7 Å². The van der Waals surface area contributed by atoms with Crippen LogP contribution in [0.4, 0.5) is 5.82 Å². The van der Waals surface area contributed by atoms with E-state index < -0.39 is 5.69 Å². The predicted molar refractivity (Wildman–Crippen MR) is 172 cm³/mol. The maximum Gasteiger partial charge on any atom is 0.355 e. The molecule has 6 rings (SSSR count). The lowest BCUT2D eigenvalue weighted by Crippen LogP contribution is -2.58. The van der Waals surface area contributed by atoms with Gasteiger partial charge in [-0.15, -0.1) is 0 Å². The molecule has 1 saturated heterocycles. The van der Waals surface area contributed by atoms with Crippen LogP contribution in [0.1, 0.15) is 44.9 Å². The maximum absolute atomic E-state index is 14.2. The summed E-state index contributed by atoms with van der Waals surface area (Å²) in [5.41, 5.74) is 4.63. The van der Waals surface area contributed by atoms with Crippen molar-refractivity contribution in [2.45, 2.75) is 52.6 Å². The Kier molecular flexibility index (Phi) is 7.30. The van der Waals surface area contributed by atoms with Crippen LogP contribution in [0.2, 0.25) is 5.02 Å². The Morgan fingerprint density at radius 3 is 2.67 bits per heavy atom. The van der Waals surface area contributed by atoms with Crippen LogP contribution in [0.15, 0.2) is 66.2 Å². The van der Waals surface area contributed by atoms with Gasteiger partial charge in [0.2, 0.25) is 5.91 Å². The molecule has 5 heterocycles. The number of rotatable bonds is 5. The maximum atomic E-state index is 14.2. The van der Waals surface area contributed by atoms with Gasteiger partial charge in [0.1, 0.15) is 5.82 Å². The number of hydrogen-bond donors (Lipinski definition) is 1. The van der Waals surface area contributed by atoms with Gasteiger partial charge in [0, 0.05) is 48.5 Å². The normalized spacial score (nSPS) is 17.3. The summed E-state index contributed by atoms with van der Waals surface area (Å²) in [5, 5.41) is 2.12. The fourth-order valence-corrected chi connectivity index (χ4v) is 6.38. The van der Waals surface area contributed by atoms with Crippen molar-refractivity contribution in [1.82, 2.24) is 29.4 Å². The molecule has 5 aromatic rings. The molecule has 1 aromatic carbocycles. The Morgan fingerprint density at radius 2 is 1.93 bits per heavy atom. The van der Waals surface area contributed by atoms with Crippen LogP contribution < -0.4 is 10.6 Å². The molecule has 0 spiro atoms. The quantitative estimate of drug-likeness (QED) is 0.249. The number of H-pyrrole nitrogens is 1.